The number of rotatable bonds is 7. The van der Waals surface area contributed by atoms with Crippen LogP contribution >= 0.6 is 11.3 Å². The van der Waals surface area contributed by atoms with Gasteiger partial charge in [0.15, 0.2) is 0 Å². The molecule has 2 heterocycles. The van der Waals surface area contributed by atoms with Gasteiger partial charge >= 0.3 is 5.97 Å². The van der Waals surface area contributed by atoms with Crippen molar-refractivity contribution in [3.8, 4) is 11.1 Å². The topological polar surface area (TPSA) is 92.8 Å². The molecular formula is C30H24N2O5S. The summed E-state index contributed by atoms with van der Waals surface area (Å²) in [5.41, 5.74) is 4.14. The molecule has 190 valence electrons. The molecule has 0 aliphatic carbocycles. The summed E-state index contributed by atoms with van der Waals surface area (Å²) in [5, 5.41) is 5.00. The lowest BCUT2D eigenvalue weighted by atomic mass is 10.0. The molecule has 0 bridgehead atoms. The molecule has 3 aromatic carbocycles. The van der Waals surface area contributed by atoms with Gasteiger partial charge in [0, 0.05) is 16.5 Å². The number of anilines is 2. The van der Waals surface area contributed by atoms with Gasteiger partial charge in [-0.15, -0.1) is 11.3 Å². The fourth-order valence-corrected chi connectivity index (χ4v) is 5.33. The van der Waals surface area contributed by atoms with Gasteiger partial charge in [-0.3, -0.25) is 14.4 Å². The highest BCUT2D eigenvalue weighted by atomic mass is 32.1. The van der Waals surface area contributed by atoms with E-state index in [0.717, 1.165) is 16.9 Å². The van der Waals surface area contributed by atoms with Crippen LogP contribution in [-0.4, -0.2) is 30.3 Å². The summed E-state index contributed by atoms with van der Waals surface area (Å²) in [7, 11) is 0. The predicted molar refractivity (Wildman–Crippen MR) is 147 cm³/mol. The normalized spacial score (nSPS) is 12.4. The Morgan fingerprint density at radius 3 is 2.18 bits per heavy atom. The van der Waals surface area contributed by atoms with E-state index in [1.54, 1.807) is 49.4 Å². The molecule has 7 nitrogen and oxygen atoms in total. The zero-order valence-electron chi connectivity index (χ0n) is 20.8. The Morgan fingerprint density at radius 1 is 0.868 bits per heavy atom. The number of nitrogens with zero attached hydrogens (tertiary/aromatic N) is 1. The third-order valence-electron chi connectivity index (χ3n) is 6.33. The molecule has 0 unspecified atom stereocenters. The molecule has 0 fully saturated rings. The fourth-order valence-electron chi connectivity index (χ4n) is 4.37. The van der Waals surface area contributed by atoms with Crippen molar-refractivity contribution < 1.29 is 23.9 Å². The van der Waals surface area contributed by atoms with Crippen LogP contribution in [0.5, 0.6) is 0 Å². The minimum atomic E-state index is -0.529. The molecule has 1 aliphatic rings. The number of carbonyl (C=O) groups excluding carboxylic acids is 4. The molecule has 0 saturated carbocycles. The Labute approximate surface area is 223 Å². The van der Waals surface area contributed by atoms with Gasteiger partial charge in [-0.1, -0.05) is 49.4 Å². The SMILES string of the molecule is CCOC(=O)c1c(-c2ccc(CC)cc2)csc1NC(=O)c1cccc(N2C(=O)c3ccccc3C2=O)c1. The van der Waals surface area contributed by atoms with Crippen molar-refractivity contribution in [3.05, 3.63) is 106 Å². The fraction of sp³-hybridized carbons (Fsp3) is 0.133. The standard InChI is InChI=1S/C30H24N2O5S/c1-3-18-12-14-19(15-13-18)24-17-38-27(25(24)30(36)37-4-2)31-26(33)20-8-7-9-21(16-20)32-28(34)22-10-5-6-11-23(22)29(32)35/h5-17H,3-4H2,1-2H3,(H,31,33). The van der Waals surface area contributed by atoms with E-state index in [-0.39, 0.29) is 23.4 Å². The number of amides is 3. The van der Waals surface area contributed by atoms with Crippen LogP contribution in [0, 0.1) is 0 Å². The third kappa shape index (κ3) is 4.50. The summed E-state index contributed by atoms with van der Waals surface area (Å²) >= 11 is 1.23. The number of esters is 1. The molecule has 1 aliphatic heterocycles. The van der Waals surface area contributed by atoms with Crippen LogP contribution < -0.4 is 10.2 Å². The van der Waals surface area contributed by atoms with E-state index < -0.39 is 23.7 Å². The Hall–Kier alpha value is -4.56. The number of nitrogens with one attached hydrogen (secondary N) is 1. The van der Waals surface area contributed by atoms with Gasteiger partial charge in [0.05, 0.1) is 23.4 Å². The summed E-state index contributed by atoms with van der Waals surface area (Å²) in [6, 6.07) is 20.8. The number of thiophene rings is 1. The molecule has 0 spiro atoms. The summed E-state index contributed by atoms with van der Waals surface area (Å²) in [6.45, 7) is 3.99. The van der Waals surface area contributed by atoms with Gasteiger partial charge < -0.3 is 10.1 Å². The van der Waals surface area contributed by atoms with Gasteiger partial charge in [0.25, 0.3) is 17.7 Å². The van der Waals surface area contributed by atoms with Crippen molar-refractivity contribution >= 4 is 45.7 Å². The maximum atomic E-state index is 13.3. The van der Waals surface area contributed by atoms with Crippen molar-refractivity contribution in [2.75, 3.05) is 16.8 Å². The van der Waals surface area contributed by atoms with Crippen LogP contribution in [0.4, 0.5) is 10.7 Å². The van der Waals surface area contributed by atoms with Crippen LogP contribution in [0.1, 0.15) is 60.8 Å². The first kappa shape index (κ1) is 25.1. The molecule has 8 heteroatoms. The number of fused-ring (bicyclic) bond motifs is 1. The van der Waals surface area contributed by atoms with Gasteiger partial charge in [-0.25, -0.2) is 9.69 Å². The average Bonchev–Trinajstić information content (AvgIpc) is 3.47. The number of benzene rings is 3. The van der Waals surface area contributed by atoms with Crippen molar-refractivity contribution in [1.82, 2.24) is 0 Å². The van der Waals surface area contributed by atoms with E-state index in [9.17, 15) is 19.2 Å². The monoisotopic (exact) mass is 524 g/mol. The second-order valence-corrected chi connectivity index (χ2v) is 9.50. The zero-order valence-corrected chi connectivity index (χ0v) is 21.6. The third-order valence-corrected chi connectivity index (χ3v) is 7.23. The lowest BCUT2D eigenvalue weighted by Crippen LogP contribution is -2.29. The molecule has 1 aromatic heterocycles. The van der Waals surface area contributed by atoms with E-state index in [1.807, 2.05) is 29.6 Å². The Balaban J connectivity index is 1.44. The molecule has 3 amide bonds. The Bertz CT molecular complexity index is 1540. The Kier molecular flexibility index (Phi) is 6.89. The number of ether oxygens (including phenoxy) is 1. The highest BCUT2D eigenvalue weighted by Gasteiger charge is 2.36. The molecule has 0 saturated heterocycles. The summed E-state index contributed by atoms with van der Waals surface area (Å²) in [5.74, 6) is -1.89. The van der Waals surface area contributed by atoms with Crippen molar-refractivity contribution in [3.63, 3.8) is 0 Å². The largest absolute Gasteiger partial charge is 0.462 e. The van der Waals surface area contributed by atoms with E-state index >= 15 is 0 Å². The van der Waals surface area contributed by atoms with E-state index in [0.29, 0.717) is 21.7 Å². The van der Waals surface area contributed by atoms with Crippen LogP contribution in [0.3, 0.4) is 0 Å². The molecule has 0 atom stereocenters. The second-order valence-electron chi connectivity index (χ2n) is 8.62. The van der Waals surface area contributed by atoms with Crippen molar-refractivity contribution in [2.24, 2.45) is 0 Å². The maximum Gasteiger partial charge on any atom is 0.341 e. The van der Waals surface area contributed by atoms with Gasteiger partial charge in [0.1, 0.15) is 10.6 Å². The van der Waals surface area contributed by atoms with Crippen molar-refractivity contribution in [2.45, 2.75) is 20.3 Å². The summed E-state index contributed by atoms with van der Waals surface area (Å²) in [6.07, 6.45) is 0.899. The van der Waals surface area contributed by atoms with Crippen LogP contribution in [0.15, 0.2) is 78.2 Å². The number of aryl methyl sites for hydroxylation is 1. The molecule has 0 radical (unpaired) electrons. The number of hydrogen-bond acceptors (Lipinski definition) is 6. The van der Waals surface area contributed by atoms with E-state index in [4.69, 9.17) is 4.74 Å². The highest BCUT2D eigenvalue weighted by molar-refractivity contribution is 7.15. The maximum absolute atomic E-state index is 13.3. The molecule has 5 rings (SSSR count). The second kappa shape index (κ2) is 10.4. The van der Waals surface area contributed by atoms with Gasteiger partial charge in [0.2, 0.25) is 0 Å². The lowest BCUT2D eigenvalue weighted by Gasteiger charge is -2.15. The lowest BCUT2D eigenvalue weighted by molar-refractivity contribution is 0.0528. The van der Waals surface area contributed by atoms with E-state index in [1.165, 1.54) is 23.0 Å². The summed E-state index contributed by atoms with van der Waals surface area (Å²) < 4.78 is 5.30. The minimum Gasteiger partial charge on any atom is -0.462 e. The van der Waals surface area contributed by atoms with Crippen LogP contribution in [-0.2, 0) is 11.2 Å². The minimum absolute atomic E-state index is 0.193. The van der Waals surface area contributed by atoms with Crippen LogP contribution in [0.2, 0.25) is 0 Å². The van der Waals surface area contributed by atoms with Crippen LogP contribution in [0.25, 0.3) is 11.1 Å². The van der Waals surface area contributed by atoms with Gasteiger partial charge in [-0.2, -0.15) is 0 Å². The first-order chi connectivity index (χ1) is 18.4. The average molecular weight is 525 g/mol. The zero-order chi connectivity index (χ0) is 26.8. The molecule has 1 N–H and O–H groups in total. The Morgan fingerprint density at radius 2 is 1.55 bits per heavy atom. The number of imide groups is 1. The van der Waals surface area contributed by atoms with E-state index in [2.05, 4.69) is 12.2 Å². The predicted octanol–water partition coefficient (Wildman–Crippen LogP) is 6.21. The molecule has 38 heavy (non-hydrogen) atoms. The van der Waals surface area contributed by atoms with Crippen molar-refractivity contribution in [1.29, 1.82) is 0 Å². The molecular weight excluding hydrogens is 500 g/mol. The van der Waals surface area contributed by atoms with Gasteiger partial charge in [-0.05, 0) is 54.8 Å². The summed E-state index contributed by atoms with van der Waals surface area (Å²) in [4.78, 5) is 53.1. The number of hydrogen-bond donors (Lipinski definition) is 1. The first-order valence-corrected chi connectivity index (χ1v) is 13.1. The first-order valence-electron chi connectivity index (χ1n) is 12.2. The highest BCUT2D eigenvalue weighted by Crippen LogP contribution is 2.37. The smallest absolute Gasteiger partial charge is 0.341 e. The molecule has 4 aromatic rings. The number of carbonyl (C=O) groups is 4. The quantitative estimate of drug-likeness (QED) is 0.229.